The van der Waals surface area contributed by atoms with Crippen molar-refractivity contribution in [3.8, 4) is 0 Å². The van der Waals surface area contributed by atoms with E-state index in [4.69, 9.17) is 16.3 Å². The molecule has 162 valence electrons. The minimum Gasteiger partial charge on any atom is -0.478 e. The van der Waals surface area contributed by atoms with Gasteiger partial charge >= 0.3 is 5.97 Å². The number of nitrogens with zero attached hydrogens (tertiary/aromatic N) is 3. The molecule has 6 nitrogen and oxygen atoms in total. The summed E-state index contributed by atoms with van der Waals surface area (Å²) in [5, 5.41) is 17.9. The van der Waals surface area contributed by atoms with Gasteiger partial charge in [-0.25, -0.2) is 4.79 Å². The lowest BCUT2D eigenvalue weighted by Gasteiger charge is -2.32. The van der Waals surface area contributed by atoms with Gasteiger partial charge in [0.25, 0.3) is 0 Å². The number of anilines is 1. The van der Waals surface area contributed by atoms with Crippen molar-refractivity contribution in [2.24, 2.45) is 5.92 Å². The molecule has 3 rings (SSSR count). The first-order chi connectivity index (χ1) is 14.6. The van der Waals surface area contributed by atoms with E-state index in [2.05, 4.69) is 15.1 Å². The predicted octanol–water partition coefficient (Wildman–Crippen LogP) is 4.65. The number of ether oxygens (including phenoxy) is 1. The smallest absolute Gasteiger partial charge is 0.335 e. The number of halogens is 1. The molecule has 0 spiro atoms. The van der Waals surface area contributed by atoms with Crippen molar-refractivity contribution >= 4 is 23.4 Å². The average Bonchev–Trinajstić information content (AvgIpc) is 2.75. The third kappa shape index (κ3) is 6.41. The molecule has 2 aromatic rings. The van der Waals surface area contributed by atoms with E-state index < -0.39 is 5.97 Å². The van der Waals surface area contributed by atoms with Crippen LogP contribution in [-0.4, -0.2) is 47.6 Å². The molecule has 2 heterocycles. The maximum absolute atomic E-state index is 11.5. The van der Waals surface area contributed by atoms with Crippen molar-refractivity contribution in [2.45, 2.75) is 45.4 Å². The molecular weight excluding hydrogens is 402 g/mol. The van der Waals surface area contributed by atoms with Crippen LogP contribution in [0.1, 0.15) is 54.1 Å². The van der Waals surface area contributed by atoms with E-state index >= 15 is 0 Å². The standard InChI is InChI=1S/C23H30ClN3O3/c1-2-30-15-12-19-16-18(6-7-20(19)23(28)29)5-3-4-17-10-13-27(14-11-17)22-9-8-21(24)25-26-22/h6-9,16-17H,2-5,10-15H2,1H3,(H,28,29). The quantitative estimate of drug-likeness (QED) is 0.552. The molecule has 0 bridgehead atoms. The highest BCUT2D eigenvalue weighted by Crippen LogP contribution is 2.26. The Hall–Kier alpha value is -2.18. The Morgan fingerprint density at radius 2 is 2.00 bits per heavy atom. The second kappa shape index (κ2) is 11.3. The second-order valence-electron chi connectivity index (χ2n) is 7.78. The van der Waals surface area contributed by atoms with Gasteiger partial charge in [0.2, 0.25) is 0 Å². The summed E-state index contributed by atoms with van der Waals surface area (Å²) in [6, 6.07) is 9.46. The van der Waals surface area contributed by atoms with Crippen molar-refractivity contribution in [1.82, 2.24) is 10.2 Å². The molecule has 1 aliphatic heterocycles. The zero-order chi connectivity index (χ0) is 21.3. The molecule has 1 aliphatic rings. The van der Waals surface area contributed by atoms with Gasteiger partial charge < -0.3 is 14.7 Å². The zero-order valence-electron chi connectivity index (χ0n) is 17.5. The van der Waals surface area contributed by atoms with Crippen LogP contribution in [0.2, 0.25) is 5.15 Å². The summed E-state index contributed by atoms with van der Waals surface area (Å²) in [5.41, 5.74) is 2.46. The summed E-state index contributed by atoms with van der Waals surface area (Å²) in [4.78, 5) is 13.7. The number of hydrogen-bond donors (Lipinski definition) is 1. The van der Waals surface area contributed by atoms with Crippen LogP contribution in [0, 0.1) is 5.92 Å². The van der Waals surface area contributed by atoms with Crippen LogP contribution in [0.25, 0.3) is 0 Å². The van der Waals surface area contributed by atoms with Crippen molar-refractivity contribution in [1.29, 1.82) is 0 Å². The van der Waals surface area contributed by atoms with Gasteiger partial charge in [0, 0.05) is 19.7 Å². The summed E-state index contributed by atoms with van der Waals surface area (Å²) < 4.78 is 5.41. The molecule has 0 atom stereocenters. The van der Waals surface area contributed by atoms with Gasteiger partial charge in [-0.1, -0.05) is 23.7 Å². The van der Waals surface area contributed by atoms with E-state index in [-0.39, 0.29) is 0 Å². The van der Waals surface area contributed by atoms with Gasteiger partial charge in [-0.3, -0.25) is 0 Å². The molecule has 0 amide bonds. The summed E-state index contributed by atoms with van der Waals surface area (Å²) in [6.07, 6.45) is 6.22. The minimum absolute atomic E-state index is 0.385. The lowest BCUT2D eigenvalue weighted by Crippen LogP contribution is -2.34. The molecule has 30 heavy (non-hydrogen) atoms. The van der Waals surface area contributed by atoms with Crippen LogP contribution in [0.15, 0.2) is 30.3 Å². The number of aromatic carboxylic acids is 1. The predicted molar refractivity (Wildman–Crippen MR) is 119 cm³/mol. The van der Waals surface area contributed by atoms with Gasteiger partial charge in [0.15, 0.2) is 11.0 Å². The fourth-order valence-corrected chi connectivity index (χ4v) is 4.17. The molecule has 0 aliphatic carbocycles. The first-order valence-electron chi connectivity index (χ1n) is 10.7. The van der Waals surface area contributed by atoms with E-state index in [1.807, 2.05) is 25.1 Å². The van der Waals surface area contributed by atoms with Gasteiger partial charge in [0.1, 0.15) is 0 Å². The monoisotopic (exact) mass is 431 g/mol. The van der Waals surface area contributed by atoms with Crippen molar-refractivity contribution in [3.05, 3.63) is 52.2 Å². The molecule has 1 fully saturated rings. The van der Waals surface area contributed by atoms with E-state index in [0.29, 0.717) is 30.4 Å². The SMILES string of the molecule is CCOCCc1cc(CCCC2CCN(c3ccc(Cl)nn3)CC2)ccc1C(=O)O. The number of benzene rings is 1. The average molecular weight is 432 g/mol. The second-order valence-corrected chi connectivity index (χ2v) is 8.17. The number of carboxylic acid groups (broad SMARTS) is 1. The Bertz CT molecular complexity index is 821. The molecule has 1 aromatic carbocycles. The number of aromatic nitrogens is 2. The number of hydrogen-bond acceptors (Lipinski definition) is 5. The van der Waals surface area contributed by atoms with E-state index in [0.717, 1.165) is 56.1 Å². The topological polar surface area (TPSA) is 75.5 Å². The number of piperidine rings is 1. The third-order valence-electron chi connectivity index (χ3n) is 5.75. The maximum Gasteiger partial charge on any atom is 0.335 e. The largest absolute Gasteiger partial charge is 0.478 e. The maximum atomic E-state index is 11.5. The molecular formula is C23H30ClN3O3. The van der Waals surface area contributed by atoms with Crippen molar-refractivity contribution in [2.75, 3.05) is 31.2 Å². The zero-order valence-corrected chi connectivity index (χ0v) is 18.3. The Morgan fingerprint density at radius 3 is 2.67 bits per heavy atom. The molecule has 7 heteroatoms. The number of rotatable bonds is 10. The van der Waals surface area contributed by atoms with Crippen LogP contribution in [-0.2, 0) is 17.6 Å². The molecule has 0 saturated carbocycles. The summed E-state index contributed by atoms with van der Waals surface area (Å²) in [6.45, 7) is 5.13. The first-order valence-corrected chi connectivity index (χ1v) is 11.1. The van der Waals surface area contributed by atoms with Gasteiger partial charge in [0.05, 0.1) is 12.2 Å². The molecule has 1 saturated heterocycles. The van der Waals surface area contributed by atoms with Crippen LogP contribution in [0.4, 0.5) is 5.82 Å². The summed E-state index contributed by atoms with van der Waals surface area (Å²) >= 11 is 5.82. The number of aryl methyl sites for hydroxylation is 1. The lowest BCUT2D eigenvalue weighted by molar-refractivity contribution is 0.0695. The van der Waals surface area contributed by atoms with Crippen LogP contribution in [0.5, 0.6) is 0 Å². The Labute approximate surface area is 183 Å². The fourth-order valence-electron chi connectivity index (χ4n) is 4.07. The van der Waals surface area contributed by atoms with E-state index in [1.54, 1.807) is 12.1 Å². The van der Waals surface area contributed by atoms with Crippen molar-refractivity contribution < 1.29 is 14.6 Å². The molecule has 0 radical (unpaired) electrons. The highest BCUT2D eigenvalue weighted by Gasteiger charge is 2.20. The number of carbonyl (C=O) groups is 1. The first kappa shape index (κ1) is 22.5. The Kier molecular flexibility index (Phi) is 8.46. The van der Waals surface area contributed by atoms with Gasteiger partial charge in [-0.05, 0) is 80.7 Å². The van der Waals surface area contributed by atoms with E-state index in [1.165, 1.54) is 12.0 Å². The van der Waals surface area contributed by atoms with Crippen LogP contribution < -0.4 is 4.90 Å². The highest BCUT2D eigenvalue weighted by atomic mass is 35.5. The molecule has 0 unspecified atom stereocenters. The fraction of sp³-hybridized carbons (Fsp3) is 0.522. The van der Waals surface area contributed by atoms with Crippen molar-refractivity contribution in [3.63, 3.8) is 0 Å². The Morgan fingerprint density at radius 1 is 1.20 bits per heavy atom. The highest BCUT2D eigenvalue weighted by molar-refractivity contribution is 6.29. The lowest BCUT2D eigenvalue weighted by atomic mass is 9.90. The summed E-state index contributed by atoms with van der Waals surface area (Å²) in [7, 11) is 0. The third-order valence-corrected chi connectivity index (χ3v) is 5.96. The van der Waals surface area contributed by atoms with Crippen LogP contribution >= 0.6 is 11.6 Å². The summed E-state index contributed by atoms with van der Waals surface area (Å²) in [5.74, 6) is 0.748. The van der Waals surface area contributed by atoms with E-state index in [9.17, 15) is 9.90 Å². The minimum atomic E-state index is -0.870. The molecule has 1 N–H and O–H groups in total. The van der Waals surface area contributed by atoms with Crippen LogP contribution in [0.3, 0.4) is 0 Å². The molecule has 1 aromatic heterocycles. The Balaban J connectivity index is 1.46. The van der Waals surface area contributed by atoms with Gasteiger partial charge in [-0.15, -0.1) is 10.2 Å². The van der Waals surface area contributed by atoms with Gasteiger partial charge in [-0.2, -0.15) is 0 Å². The normalized spacial score (nSPS) is 14.8. The number of carboxylic acids is 1.